The minimum Gasteiger partial charge on any atom is -0.311 e. The molecule has 2 nitrogen and oxygen atoms in total. The van der Waals surface area contributed by atoms with E-state index >= 15 is 0 Å². The first-order chi connectivity index (χ1) is 37.7. The second-order valence-electron chi connectivity index (χ2n) is 27.1. The Morgan fingerprint density at radius 3 is 1.08 bits per heavy atom. The molecular formula is C76H69BN2. The zero-order valence-corrected chi connectivity index (χ0v) is 48.0. The summed E-state index contributed by atoms with van der Waals surface area (Å²) in [6.07, 6.45) is 0. The molecule has 0 unspecified atom stereocenters. The predicted molar refractivity (Wildman–Crippen MR) is 346 cm³/mol. The van der Waals surface area contributed by atoms with Crippen molar-refractivity contribution in [1.82, 2.24) is 0 Å². The molecule has 0 spiro atoms. The highest BCUT2D eigenvalue weighted by atomic mass is 15.2. The molecule has 2 aliphatic rings. The van der Waals surface area contributed by atoms with E-state index in [2.05, 4.69) is 293 Å². The van der Waals surface area contributed by atoms with Gasteiger partial charge in [0.2, 0.25) is 0 Å². The fourth-order valence-electron chi connectivity index (χ4n) is 13.2. The Morgan fingerprint density at radius 1 is 0.278 bits per heavy atom. The van der Waals surface area contributed by atoms with Crippen LogP contribution < -0.4 is 26.2 Å². The number of anilines is 6. The lowest BCUT2D eigenvalue weighted by molar-refractivity contribution is 0.568. The molecule has 0 atom stereocenters. The number of hydrogen-bond donors (Lipinski definition) is 0. The molecule has 0 radical (unpaired) electrons. The number of rotatable bonds is 3. The molecule has 0 fully saturated rings. The van der Waals surface area contributed by atoms with E-state index in [0.717, 1.165) is 0 Å². The third-order valence-electron chi connectivity index (χ3n) is 17.7. The van der Waals surface area contributed by atoms with E-state index in [9.17, 15) is 0 Å². The maximum atomic E-state index is 2.70. The average molecular weight is 1020 g/mol. The maximum absolute atomic E-state index is 2.70. The third kappa shape index (κ3) is 7.90. The van der Waals surface area contributed by atoms with E-state index in [1.165, 1.54) is 149 Å². The van der Waals surface area contributed by atoms with Gasteiger partial charge in [0.05, 0.1) is 0 Å². The summed E-state index contributed by atoms with van der Waals surface area (Å²) >= 11 is 0. The van der Waals surface area contributed by atoms with E-state index < -0.39 is 0 Å². The van der Waals surface area contributed by atoms with Gasteiger partial charge in [-0.05, 0) is 180 Å². The summed E-state index contributed by atoms with van der Waals surface area (Å²) in [5.41, 5.74) is 18.6. The summed E-state index contributed by atoms with van der Waals surface area (Å²) in [7, 11) is 0. The summed E-state index contributed by atoms with van der Waals surface area (Å²) in [5, 5.41) is 15.1. The zero-order chi connectivity index (χ0) is 54.7. The van der Waals surface area contributed by atoms with Crippen LogP contribution in [0.25, 0.3) is 75.8 Å². The van der Waals surface area contributed by atoms with Gasteiger partial charge in [-0.25, -0.2) is 0 Å². The first-order valence-electron chi connectivity index (χ1n) is 28.6. The van der Waals surface area contributed by atoms with Crippen LogP contribution in [0.1, 0.15) is 105 Å². The van der Waals surface area contributed by atoms with Gasteiger partial charge in [-0.15, -0.1) is 0 Å². The SMILES string of the molecule is CC(C)(C)c1cc(N2c3cc(-c4ccc5cc6ccccc6cc5c4)cc4c3B(c3ccc5c(ccc6ccccc65)c32)c2ccc3c(ccc5ccccc53)c2N4c2cc(C(C)(C)C)cc(C(C)(C)C)c2)cc(C(C)(C)C)c1. The van der Waals surface area contributed by atoms with Crippen molar-refractivity contribution in [2.45, 2.75) is 105 Å². The molecule has 12 aromatic carbocycles. The number of fused-ring (bicyclic) bond motifs is 14. The molecule has 3 heteroatoms. The van der Waals surface area contributed by atoms with Crippen molar-refractivity contribution in [3.05, 3.63) is 222 Å². The minimum absolute atomic E-state index is 0.0907. The quantitative estimate of drug-likeness (QED) is 0.0989. The molecule has 79 heavy (non-hydrogen) atoms. The first-order valence-corrected chi connectivity index (χ1v) is 28.6. The lowest BCUT2D eigenvalue weighted by Gasteiger charge is -2.46. The van der Waals surface area contributed by atoms with Crippen LogP contribution in [-0.2, 0) is 21.7 Å². The van der Waals surface area contributed by atoms with E-state index in [1.807, 2.05) is 0 Å². The van der Waals surface area contributed by atoms with Crippen molar-refractivity contribution in [2.24, 2.45) is 0 Å². The van der Waals surface area contributed by atoms with Crippen LogP contribution in [-0.4, -0.2) is 6.71 Å². The molecule has 0 saturated carbocycles. The van der Waals surface area contributed by atoms with Crippen LogP contribution in [0.5, 0.6) is 0 Å². The molecule has 2 aliphatic heterocycles. The lowest BCUT2D eigenvalue weighted by atomic mass is 9.33. The first kappa shape index (κ1) is 49.2. The normalized spacial score (nSPS) is 13.7. The summed E-state index contributed by atoms with van der Waals surface area (Å²) in [6, 6.07) is 78.0. The van der Waals surface area contributed by atoms with Gasteiger partial charge in [0.25, 0.3) is 6.71 Å². The molecule has 2 heterocycles. The van der Waals surface area contributed by atoms with Crippen LogP contribution in [0.2, 0.25) is 0 Å². The molecule has 12 aromatic rings. The van der Waals surface area contributed by atoms with E-state index in [1.54, 1.807) is 0 Å². The smallest absolute Gasteiger partial charge is 0.252 e. The number of hydrogen-bond acceptors (Lipinski definition) is 2. The Kier molecular flexibility index (Phi) is 10.7. The Labute approximate surface area is 467 Å². The van der Waals surface area contributed by atoms with Crippen molar-refractivity contribution in [1.29, 1.82) is 0 Å². The van der Waals surface area contributed by atoms with Gasteiger partial charge in [0.15, 0.2) is 0 Å². The molecule has 0 N–H and O–H groups in total. The van der Waals surface area contributed by atoms with E-state index in [-0.39, 0.29) is 28.4 Å². The van der Waals surface area contributed by atoms with Gasteiger partial charge in [0.1, 0.15) is 0 Å². The highest BCUT2D eigenvalue weighted by molar-refractivity contribution is 7.01. The average Bonchev–Trinajstić information content (AvgIpc) is 2.29. The maximum Gasteiger partial charge on any atom is 0.252 e. The number of benzene rings is 12. The molecule has 0 amide bonds. The van der Waals surface area contributed by atoms with E-state index in [0.29, 0.717) is 0 Å². The van der Waals surface area contributed by atoms with Crippen LogP contribution in [0.15, 0.2) is 200 Å². The second kappa shape index (κ2) is 17.2. The zero-order valence-electron chi connectivity index (χ0n) is 48.0. The Morgan fingerprint density at radius 2 is 0.646 bits per heavy atom. The largest absolute Gasteiger partial charge is 0.311 e. The Balaban J connectivity index is 1.18. The third-order valence-corrected chi connectivity index (χ3v) is 17.7. The summed E-state index contributed by atoms with van der Waals surface area (Å²) < 4.78 is 0. The van der Waals surface area contributed by atoms with Gasteiger partial charge >= 0.3 is 0 Å². The van der Waals surface area contributed by atoms with Crippen molar-refractivity contribution in [3.63, 3.8) is 0 Å². The summed E-state index contributed by atoms with van der Waals surface area (Å²) in [4.78, 5) is 5.41. The van der Waals surface area contributed by atoms with Crippen LogP contribution >= 0.6 is 0 Å². The fraction of sp³-hybridized carbons (Fsp3) is 0.211. The van der Waals surface area contributed by atoms with Crippen LogP contribution in [0.3, 0.4) is 0 Å². The predicted octanol–water partition coefficient (Wildman–Crippen LogP) is 19.5. The minimum atomic E-state index is -0.105. The van der Waals surface area contributed by atoms with Gasteiger partial charge in [-0.2, -0.15) is 0 Å². The molecule has 0 saturated heterocycles. The topological polar surface area (TPSA) is 6.48 Å². The number of nitrogens with zero attached hydrogens (tertiary/aromatic N) is 2. The summed E-state index contributed by atoms with van der Waals surface area (Å²) in [5.74, 6) is 0. The molecule has 0 bridgehead atoms. The van der Waals surface area contributed by atoms with Crippen molar-refractivity contribution < 1.29 is 0 Å². The Hall–Kier alpha value is -8.14. The second-order valence-corrected chi connectivity index (χ2v) is 27.1. The molecule has 386 valence electrons. The van der Waals surface area contributed by atoms with Gasteiger partial charge in [-0.1, -0.05) is 229 Å². The Bertz CT molecular complexity index is 4260. The van der Waals surface area contributed by atoms with Gasteiger partial charge in [0, 0.05) is 44.9 Å². The monoisotopic (exact) mass is 1020 g/mol. The van der Waals surface area contributed by atoms with Crippen LogP contribution in [0, 0.1) is 0 Å². The molecule has 14 rings (SSSR count). The molecule has 0 aromatic heterocycles. The van der Waals surface area contributed by atoms with Crippen LogP contribution in [0.4, 0.5) is 34.1 Å². The van der Waals surface area contributed by atoms with E-state index in [4.69, 9.17) is 0 Å². The van der Waals surface area contributed by atoms with Gasteiger partial charge < -0.3 is 9.80 Å². The lowest BCUT2D eigenvalue weighted by Crippen LogP contribution is -2.61. The van der Waals surface area contributed by atoms with Gasteiger partial charge in [-0.3, -0.25) is 0 Å². The van der Waals surface area contributed by atoms with Crippen molar-refractivity contribution in [3.8, 4) is 11.1 Å². The van der Waals surface area contributed by atoms with Crippen molar-refractivity contribution >= 4 is 122 Å². The standard InChI is InChI=1S/C76H69BN2/c1-73(2,3)54-40-55(74(4,5)6)43-58(42-54)78-68-38-53(51-26-25-50-35-48-21-13-14-22-49(48)36-52(50)37-51)39-69-70(68)77(66-33-31-62-60-23-17-15-19-46(60)27-29-64(62)71(66)78)67-34-32-63-61-24-18-16-20-47(61)28-30-65(63)72(67)79(69)59-44-56(75(7,8)9)41-57(45-59)76(10,11)12/h13-45H,1-12H3. The highest BCUT2D eigenvalue weighted by Crippen LogP contribution is 2.52. The summed E-state index contributed by atoms with van der Waals surface area (Å²) in [6.45, 7) is 28.3. The molecular weight excluding hydrogens is 952 g/mol. The van der Waals surface area contributed by atoms with Crippen molar-refractivity contribution in [2.75, 3.05) is 9.80 Å². The highest BCUT2D eigenvalue weighted by Gasteiger charge is 2.45. The fourth-order valence-corrected chi connectivity index (χ4v) is 13.2. The molecule has 0 aliphatic carbocycles.